The molecule has 7 nitrogen and oxygen atoms in total. The van der Waals surface area contributed by atoms with Crippen LogP contribution in [-0.2, 0) is 0 Å². The number of amides is 2. The molecule has 0 bridgehead atoms. The number of carbonyl (C=O) groups is 2. The van der Waals surface area contributed by atoms with Crippen molar-refractivity contribution in [2.75, 3.05) is 6.61 Å². The van der Waals surface area contributed by atoms with Crippen molar-refractivity contribution < 1.29 is 37.7 Å². The van der Waals surface area contributed by atoms with Crippen LogP contribution >= 0.6 is 11.6 Å². The van der Waals surface area contributed by atoms with Crippen molar-refractivity contribution in [1.29, 1.82) is 0 Å². The average molecular weight is 459 g/mol. The van der Waals surface area contributed by atoms with Gasteiger partial charge in [0.05, 0.1) is 12.6 Å². The van der Waals surface area contributed by atoms with E-state index < -0.39 is 35.7 Å². The number of Topliss-reactive ketones (excluding diaryl/α,β-unsaturated/α-hetero) is 1. The molecule has 2 amide bonds. The van der Waals surface area contributed by atoms with Gasteiger partial charge in [-0.25, -0.2) is 4.79 Å². The quantitative estimate of drug-likeness (QED) is 0.512. The minimum absolute atomic E-state index is 0.0195. The molecular formula is C20H18ClF3N2O5. The van der Waals surface area contributed by atoms with Crippen molar-refractivity contribution in [2.24, 2.45) is 5.92 Å². The fraction of sp³-hybridized carbons (Fsp3) is 0.300. The summed E-state index contributed by atoms with van der Waals surface area (Å²) < 4.78 is 47.0. The Labute approximate surface area is 179 Å². The predicted octanol–water partition coefficient (Wildman–Crippen LogP) is 3.55. The van der Waals surface area contributed by atoms with Crippen LogP contribution in [0.2, 0.25) is 5.02 Å². The average Bonchev–Trinajstić information content (AvgIpc) is 2.68. The van der Waals surface area contributed by atoms with Crippen molar-refractivity contribution >= 4 is 23.4 Å². The van der Waals surface area contributed by atoms with Gasteiger partial charge in [-0.3, -0.25) is 4.79 Å². The number of hydrogen-bond donors (Lipinski definition) is 4. The van der Waals surface area contributed by atoms with Gasteiger partial charge in [-0.05, 0) is 48.9 Å². The number of aliphatic hydroxyl groups is 1. The van der Waals surface area contributed by atoms with Crippen LogP contribution in [0.4, 0.5) is 18.0 Å². The highest BCUT2D eigenvalue weighted by Gasteiger charge is 2.66. The first kappa shape index (κ1) is 22.7. The van der Waals surface area contributed by atoms with Crippen LogP contribution in [0.25, 0.3) is 0 Å². The smallest absolute Gasteiger partial charge is 0.437 e. The summed E-state index contributed by atoms with van der Waals surface area (Å²) in [6.07, 6.45) is -5.38. The highest BCUT2D eigenvalue weighted by Crippen LogP contribution is 2.45. The lowest BCUT2D eigenvalue weighted by atomic mass is 9.77. The number of aromatic hydroxyl groups is 1. The van der Waals surface area contributed by atoms with Crippen molar-refractivity contribution in [3.05, 3.63) is 58.6 Å². The Hall–Kier alpha value is -2.98. The fourth-order valence-electron chi connectivity index (χ4n) is 3.41. The number of alkyl halides is 3. The number of ether oxygens (including phenoxy) is 1. The molecule has 0 saturated carbocycles. The summed E-state index contributed by atoms with van der Waals surface area (Å²) in [4.78, 5) is 25.2. The molecule has 31 heavy (non-hydrogen) atoms. The number of phenolic OH excluding ortho intramolecular Hbond substituents is 1. The Morgan fingerprint density at radius 1 is 1.23 bits per heavy atom. The normalized spacial score (nSPS) is 23.6. The molecule has 4 N–H and O–H groups in total. The zero-order chi connectivity index (χ0) is 23.0. The number of urea groups is 1. The Morgan fingerprint density at radius 2 is 1.87 bits per heavy atom. The summed E-state index contributed by atoms with van der Waals surface area (Å²) in [6.45, 7) is 1.78. The Kier molecular flexibility index (Phi) is 6.06. The first-order valence-corrected chi connectivity index (χ1v) is 9.49. The van der Waals surface area contributed by atoms with Crippen LogP contribution in [-0.4, -0.2) is 40.5 Å². The van der Waals surface area contributed by atoms with E-state index >= 15 is 0 Å². The number of hydrogen-bond acceptors (Lipinski definition) is 5. The Balaban J connectivity index is 2.17. The van der Waals surface area contributed by atoms with Crippen molar-refractivity contribution in [2.45, 2.75) is 24.9 Å². The van der Waals surface area contributed by atoms with Gasteiger partial charge < -0.3 is 25.6 Å². The molecule has 3 rings (SSSR count). The molecule has 1 heterocycles. The third-order valence-electron chi connectivity index (χ3n) is 4.86. The molecule has 1 aliphatic heterocycles. The maximum atomic E-state index is 13.9. The van der Waals surface area contributed by atoms with Gasteiger partial charge in [-0.15, -0.1) is 0 Å². The molecular weight excluding hydrogens is 441 g/mol. The second kappa shape index (κ2) is 8.27. The minimum Gasteiger partial charge on any atom is -0.504 e. The highest BCUT2D eigenvalue weighted by atomic mass is 35.5. The molecule has 0 aromatic heterocycles. The predicted molar refractivity (Wildman–Crippen MR) is 104 cm³/mol. The van der Waals surface area contributed by atoms with Crippen molar-refractivity contribution in [3.8, 4) is 11.5 Å². The van der Waals surface area contributed by atoms with Gasteiger partial charge in [0.25, 0.3) is 0 Å². The largest absolute Gasteiger partial charge is 0.504 e. The number of carbonyl (C=O) groups excluding carboxylic acids is 2. The number of ketones is 1. The number of nitrogens with one attached hydrogen (secondary N) is 2. The van der Waals surface area contributed by atoms with Crippen LogP contribution in [0.1, 0.15) is 28.9 Å². The summed E-state index contributed by atoms with van der Waals surface area (Å²) in [5.74, 6) is -3.62. The minimum atomic E-state index is -5.38. The summed E-state index contributed by atoms with van der Waals surface area (Å²) in [5, 5.41) is 24.4. The summed E-state index contributed by atoms with van der Waals surface area (Å²) in [5.41, 5.74) is -3.99. The summed E-state index contributed by atoms with van der Waals surface area (Å²) in [7, 11) is 0. The van der Waals surface area contributed by atoms with Crippen LogP contribution in [0.5, 0.6) is 11.5 Å². The van der Waals surface area contributed by atoms with E-state index in [0.29, 0.717) is 0 Å². The summed E-state index contributed by atoms with van der Waals surface area (Å²) >= 11 is 5.79. The third-order valence-corrected chi connectivity index (χ3v) is 5.11. The molecule has 11 heteroatoms. The molecule has 0 radical (unpaired) electrons. The van der Waals surface area contributed by atoms with E-state index in [0.717, 1.165) is 6.07 Å². The standard InChI is InChI=1S/C20H18ClF3N2O5/c1-2-31-14-9-11(5-8-13(14)27)16-15(17(28)10-3-6-12(21)7-4-10)19(30,20(22,23)24)26-18(29)25-16/h3-9,15-16,27,30H,2H2,1H3,(H2,25,26,29)/t15-,16+,19-/m0/s1. The monoisotopic (exact) mass is 458 g/mol. The lowest BCUT2D eigenvalue weighted by Gasteiger charge is -2.45. The molecule has 2 aromatic carbocycles. The van der Waals surface area contributed by atoms with Crippen molar-refractivity contribution in [3.63, 3.8) is 0 Å². The third kappa shape index (κ3) is 4.26. The van der Waals surface area contributed by atoms with Crippen LogP contribution < -0.4 is 15.4 Å². The zero-order valence-corrected chi connectivity index (χ0v) is 16.8. The number of phenols is 1. The van der Waals surface area contributed by atoms with Gasteiger partial charge in [0, 0.05) is 10.6 Å². The van der Waals surface area contributed by atoms with E-state index in [-0.39, 0.29) is 34.3 Å². The molecule has 1 saturated heterocycles. The maximum absolute atomic E-state index is 13.9. The van der Waals surface area contributed by atoms with E-state index in [1.165, 1.54) is 41.7 Å². The van der Waals surface area contributed by atoms with Gasteiger partial charge in [0.1, 0.15) is 5.92 Å². The van der Waals surface area contributed by atoms with Crippen molar-refractivity contribution in [1.82, 2.24) is 10.6 Å². The van der Waals surface area contributed by atoms with E-state index in [2.05, 4.69) is 5.32 Å². The van der Waals surface area contributed by atoms with Gasteiger partial charge in [-0.2, -0.15) is 13.2 Å². The fourth-order valence-corrected chi connectivity index (χ4v) is 3.53. The second-order valence-electron chi connectivity index (χ2n) is 6.85. The van der Waals surface area contributed by atoms with Crippen LogP contribution in [0.3, 0.4) is 0 Å². The Bertz CT molecular complexity index is 999. The topological polar surface area (TPSA) is 108 Å². The van der Waals surface area contributed by atoms with Gasteiger partial charge in [-0.1, -0.05) is 17.7 Å². The second-order valence-corrected chi connectivity index (χ2v) is 7.29. The highest BCUT2D eigenvalue weighted by molar-refractivity contribution is 6.30. The lowest BCUT2D eigenvalue weighted by Crippen LogP contribution is -2.72. The summed E-state index contributed by atoms with van der Waals surface area (Å²) in [6, 6.07) is 5.75. The zero-order valence-electron chi connectivity index (χ0n) is 16.0. The van der Waals surface area contributed by atoms with E-state index in [1.807, 2.05) is 0 Å². The SMILES string of the molecule is CCOc1cc([C@H]2NC(=O)N[C@@](O)(C(F)(F)F)[C@@H]2C(=O)c2ccc(Cl)cc2)ccc1O. The maximum Gasteiger partial charge on any atom is 0.437 e. The number of benzene rings is 2. The van der Waals surface area contributed by atoms with Gasteiger partial charge in [0.15, 0.2) is 17.3 Å². The molecule has 2 aromatic rings. The van der Waals surface area contributed by atoms with Gasteiger partial charge >= 0.3 is 12.2 Å². The van der Waals surface area contributed by atoms with Gasteiger partial charge in [0.2, 0.25) is 5.72 Å². The Morgan fingerprint density at radius 3 is 2.45 bits per heavy atom. The first-order valence-electron chi connectivity index (χ1n) is 9.11. The molecule has 3 atom stereocenters. The number of halogens is 4. The van der Waals surface area contributed by atoms with Crippen LogP contribution in [0.15, 0.2) is 42.5 Å². The molecule has 0 unspecified atom stereocenters. The van der Waals surface area contributed by atoms with E-state index in [4.69, 9.17) is 16.3 Å². The lowest BCUT2D eigenvalue weighted by molar-refractivity contribution is -0.287. The van der Waals surface area contributed by atoms with Crippen LogP contribution in [0, 0.1) is 5.92 Å². The molecule has 1 aliphatic rings. The first-order chi connectivity index (χ1) is 14.5. The molecule has 1 fully saturated rings. The molecule has 0 spiro atoms. The van der Waals surface area contributed by atoms with E-state index in [1.54, 1.807) is 6.92 Å². The number of rotatable bonds is 5. The molecule has 0 aliphatic carbocycles. The van der Waals surface area contributed by atoms with E-state index in [9.17, 15) is 33.0 Å². The molecule has 166 valence electrons.